The normalized spacial score (nSPS) is 20.2. The number of hydrogen-bond donors (Lipinski definition) is 0. The van der Waals surface area contributed by atoms with Crippen molar-refractivity contribution in [3.63, 3.8) is 0 Å². The highest BCUT2D eigenvalue weighted by Gasteiger charge is 2.34. The Morgan fingerprint density at radius 2 is 0.970 bits per heavy atom. The van der Waals surface area contributed by atoms with E-state index in [1.165, 1.54) is 8.61 Å². The summed E-state index contributed by atoms with van der Waals surface area (Å²) < 4.78 is 56.4. The van der Waals surface area contributed by atoms with Crippen LogP contribution in [0.2, 0.25) is 0 Å². The van der Waals surface area contributed by atoms with E-state index < -0.39 is 20.0 Å². The van der Waals surface area contributed by atoms with Crippen LogP contribution in [0.1, 0.15) is 41.5 Å². The molecule has 0 saturated carbocycles. The van der Waals surface area contributed by atoms with E-state index in [0.717, 1.165) is 22.3 Å². The molecule has 1 fully saturated rings. The molecule has 0 bridgehead atoms. The second kappa shape index (κ2) is 8.83. The van der Waals surface area contributed by atoms with Crippen LogP contribution in [0.15, 0.2) is 58.3 Å². The lowest BCUT2D eigenvalue weighted by atomic mass is 9.98. The number of benzene rings is 2. The van der Waals surface area contributed by atoms with Crippen LogP contribution in [0.4, 0.5) is 0 Å². The average molecular weight is 485 g/mol. The van der Waals surface area contributed by atoms with Gasteiger partial charge in [0.1, 0.15) is 0 Å². The predicted molar refractivity (Wildman–Crippen MR) is 131 cm³/mol. The van der Waals surface area contributed by atoms with E-state index >= 15 is 0 Å². The van der Waals surface area contributed by atoms with Gasteiger partial charge in [-0.05, 0) is 66.5 Å². The van der Waals surface area contributed by atoms with Crippen molar-refractivity contribution in [3.8, 4) is 0 Å². The third kappa shape index (κ3) is 4.33. The van der Waals surface area contributed by atoms with Crippen LogP contribution in [0.3, 0.4) is 0 Å². The average Bonchev–Trinajstić information content (AvgIpc) is 3.11. The molecule has 1 saturated heterocycles. The zero-order valence-electron chi connectivity index (χ0n) is 18.5. The molecular formula is C25H28N2O4S2. The Hall–Kier alpha value is -2.26. The van der Waals surface area contributed by atoms with E-state index in [1.54, 1.807) is 12.2 Å². The lowest BCUT2D eigenvalue weighted by Crippen LogP contribution is -2.38. The van der Waals surface area contributed by atoms with Gasteiger partial charge >= 0.3 is 0 Å². The predicted octanol–water partition coefficient (Wildman–Crippen LogP) is 3.63. The van der Waals surface area contributed by atoms with E-state index in [0.29, 0.717) is 55.0 Å². The van der Waals surface area contributed by atoms with Gasteiger partial charge < -0.3 is 0 Å². The lowest BCUT2D eigenvalue weighted by molar-refractivity contribution is 0.408. The Morgan fingerprint density at radius 3 is 1.42 bits per heavy atom. The summed E-state index contributed by atoms with van der Waals surface area (Å²) in [5, 5.41) is 0. The highest BCUT2D eigenvalue weighted by molar-refractivity contribution is 7.93. The maximum absolute atomic E-state index is 13.4. The number of nitrogens with zero attached hydrogens (tertiary/aromatic N) is 2. The molecule has 5 rings (SSSR count). The maximum Gasteiger partial charge on any atom is 0.239 e. The minimum atomic E-state index is -3.63. The van der Waals surface area contributed by atoms with E-state index in [-0.39, 0.29) is 13.1 Å². The van der Waals surface area contributed by atoms with Crippen LogP contribution >= 0.6 is 0 Å². The molecular weight excluding hydrogens is 456 g/mol. The van der Waals surface area contributed by atoms with Crippen LogP contribution in [-0.4, -0.2) is 51.6 Å². The van der Waals surface area contributed by atoms with Crippen molar-refractivity contribution < 1.29 is 16.8 Å². The van der Waals surface area contributed by atoms with Gasteiger partial charge in [-0.25, -0.2) is 16.8 Å². The smallest absolute Gasteiger partial charge is 0.207 e. The number of allylic oxidation sites excluding steroid dienone is 2. The minimum Gasteiger partial charge on any atom is -0.207 e. The van der Waals surface area contributed by atoms with Crippen LogP contribution in [0, 0.1) is 0 Å². The van der Waals surface area contributed by atoms with Crippen molar-refractivity contribution in [3.05, 3.63) is 80.6 Å². The molecule has 3 aliphatic rings. The number of sulfonamides is 2. The summed E-state index contributed by atoms with van der Waals surface area (Å²) in [4.78, 5) is 0.841. The Morgan fingerprint density at radius 1 is 0.545 bits per heavy atom. The molecule has 6 nitrogen and oxygen atoms in total. The monoisotopic (exact) mass is 484 g/mol. The summed E-state index contributed by atoms with van der Waals surface area (Å²) in [6.07, 6.45) is 6.38. The third-order valence-electron chi connectivity index (χ3n) is 6.78. The fraction of sp³-hybridized carbons (Fsp3) is 0.360. The Bertz CT molecular complexity index is 1240. The fourth-order valence-electron chi connectivity index (χ4n) is 4.90. The second-order valence-electron chi connectivity index (χ2n) is 8.78. The van der Waals surface area contributed by atoms with Crippen molar-refractivity contribution in [2.24, 2.45) is 0 Å². The molecule has 0 amide bonds. The molecule has 2 aromatic rings. The van der Waals surface area contributed by atoms with Gasteiger partial charge in [-0.2, -0.15) is 8.61 Å². The van der Waals surface area contributed by atoms with Gasteiger partial charge in [0, 0.05) is 26.2 Å². The molecule has 33 heavy (non-hydrogen) atoms. The number of fused-ring (bicyclic) bond motifs is 2. The zero-order valence-corrected chi connectivity index (χ0v) is 20.1. The number of hydrogen-bond acceptors (Lipinski definition) is 4. The Labute approximate surface area is 196 Å². The first kappa shape index (κ1) is 22.5. The lowest BCUT2D eigenvalue weighted by Gasteiger charge is -2.26. The van der Waals surface area contributed by atoms with Gasteiger partial charge in [-0.1, -0.05) is 48.5 Å². The SMILES string of the molecule is O=S(=O)(C1=Cc2ccccc2CC1)N1CCCN(S(=O)(=O)C2=Cc3ccccc3CC2)CC1. The molecule has 0 spiro atoms. The first-order valence-corrected chi connectivity index (χ1v) is 14.3. The summed E-state index contributed by atoms with van der Waals surface area (Å²) >= 11 is 0. The summed E-state index contributed by atoms with van der Waals surface area (Å²) in [6.45, 7) is 0.999. The van der Waals surface area contributed by atoms with Gasteiger partial charge in [-0.3, -0.25) is 0 Å². The molecule has 8 heteroatoms. The molecule has 174 valence electrons. The number of rotatable bonds is 4. The van der Waals surface area contributed by atoms with Crippen molar-refractivity contribution in [1.29, 1.82) is 0 Å². The largest absolute Gasteiger partial charge is 0.239 e. The maximum atomic E-state index is 13.4. The van der Waals surface area contributed by atoms with Crippen molar-refractivity contribution in [1.82, 2.24) is 8.61 Å². The fourth-order valence-corrected chi connectivity index (χ4v) is 8.22. The first-order valence-electron chi connectivity index (χ1n) is 11.4. The van der Waals surface area contributed by atoms with Crippen LogP contribution < -0.4 is 0 Å². The summed E-state index contributed by atoms with van der Waals surface area (Å²) in [5.41, 5.74) is 4.22. The molecule has 1 aliphatic heterocycles. The van der Waals surface area contributed by atoms with Gasteiger partial charge in [-0.15, -0.1) is 0 Å². The van der Waals surface area contributed by atoms with Crippen molar-refractivity contribution in [2.45, 2.75) is 32.1 Å². The van der Waals surface area contributed by atoms with E-state index in [2.05, 4.69) is 0 Å². The zero-order chi connectivity index (χ0) is 23.1. The summed E-state index contributed by atoms with van der Waals surface area (Å²) in [5.74, 6) is 0. The van der Waals surface area contributed by atoms with Crippen LogP contribution in [0.25, 0.3) is 12.2 Å². The molecule has 1 heterocycles. The Kier molecular flexibility index (Phi) is 6.03. The molecule has 0 N–H and O–H groups in total. The third-order valence-corrected chi connectivity index (χ3v) is 10.8. The molecule has 0 atom stereocenters. The van der Waals surface area contributed by atoms with Crippen molar-refractivity contribution >= 4 is 32.2 Å². The second-order valence-corrected chi connectivity index (χ2v) is 12.8. The van der Waals surface area contributed by atoms with Gasteiger partial charge in [0.15, 0.2) is 0 Å². The van der Waals surface area contributed by atoms with Crippen LogP contribution in [0.5, 0.6) is 0 Å². The Balaban J connectivity index is 1.34. The molecule has 0 radical (unpaired) electrons. The van der Waals surface area contributed by atoms with Gasteiger partial charge in [0.2, 0.25) is 20.0 Å². The van der Waals surface area contributed by atoms with E-state index in [9.17, 15) is 16.8 Å². The van der Waals surface area contributed by atoms with Gasteiger partial charge in [0.25, 0.3) is 0 Å². The first-order chi connectivity index (χ1) is 15.9. The van der Waals surface area contributed by atoms with E-state index in [4.69, 9.17) is 0 Å². The quantitative estimate of drug-likeness (QED) is 0.664. The minimum absolute atomic E-state index is 0.171. The van der Waals surface area contributed by atoms with Crippen molar-refractivity contribution in [2.75, 3.05) is 26.2 Å². The molecule has 2 aliphatic carbocycles. The highest BCUT2D eigenvalue weighted by Crippen LogP contribution is 2.31. The molecule has 2 aromatic carbocycles. The van der Waals surface area contributed by atoms with E-state index in [1.807, 2.05) is 48.5 Å². The number of aryl methyl sites for hydroxylation is 2. The topological polar surface area (TPSA) is 74.8 Å². The standard InChI is InChI=1S/C25H28N2O4S2/c28-32(29,24-12-10-20-6-1-3-8-22(20)18-24)26-14-5-15-27(17-16-26)33(30,31)25-13-11-21-7-2-4-9-23(21)19-25/h1-4,6-9,18-19H,5,10-17H2. The summed E-state index contributed by atoms with van der Waals surface area (Å²) in [7, 11) is -7.25. The van der Waals surface area contributed by atoms with Crippen LogP contribution in [-0.2, 0) is 32.9 Å². The highest BCUT2D eigenvalue weighted by atomic mass is 32.2. The molecule has 0 aromatic heterocycles. The summed E-state index contributed by atoms with van der Waals surface area (Å²) in [6, 6.07) is 15.7. The molecule has 0 unspecified atom stereocenters. The van der Waals surface area contributed by atoms with Gasteiger partial charge in [0.05, 0.1) is 9.81 Å².